The van der Waals surface area contributed by atoms with Gasteiger partial charge >= 0.3 is 0 Å². The van der Waals surface area contributed by atoms with Gasteiger partial charge in [-0.15, -0.1) is 11.3 Å². The molecule has 0 atom stereocenters. The molecular formula is C13H9ClN2OS. The molecule has 0 spiro atoms. The van der Waals surface area contributed by atoms with Crippen LogP contribution in [-0.4, -0.2) is 10.1 Å². The Morgan fingerprint density at radius 1 is 1.56 bits per heavy atom. The van der Waals surface area contributed by atoms with Crippen LogP contribution in [0.15, 0.2) is 23.6 Å². The zero-order valence-electron chi connectivity index (χ0n) is 9.51. The summed E-state index contributed by atoms with van der Waals surface area (Å²) in [4.78, 5) is 4.26. The maximum atomic E-state index is 9.33. The van der Waals surface area contributed by atoms with E-state index in [2.05, 4.69) is 11.1 Å². The van der Waals surface area contributed by atoms with Crippen molar-refractivity contribution in [3.8, 4) is 11.8 Å². The summed E-state index contributed by atoms with van der Waals surface area (Å²) >= 11 is 7.24. The predicted molar refractivity (Wildman–Crippen MR) is 73.5 cm³/mol. The Balaban J connectivity index is 2.41. The number of aryl methyl sites for hydroxylation is 1. The predicted octanol–water partition coefficient (Wildman–Crippen LogP) is 3.87. The van der Waals surface area contributed by atoms with Gasteiger partial charge in [-0.25, -0.2) is 4.98 Å². The quantitative estimate of drug-likeness (QED) is 0.847. The molecule has 1 heterocycles. The number of benzene rings is 1. The van der Waals surface area contributed by atoms with E-state index in [1.807, 2.05) is 12.3 Å². The van der Waals surface area contributed by atoms with Crippen LogP contribution >= 0.6 is 22.9 Å². The van der Waals surface area contributed by atoms with Crippen molar-refractivity contribution in [2.75, 3.05) is 0 Å². The number of allylic oxidation sites excluding steroid dienone is 1. The van der Waals surface area contributed by atoms with E-state index in [1.165, 1.54) is 17.4 Å². The molecule has 2 aromatic rings. The van der Waals surface area contributed by atoms with Gasteiger partial charge in [0.15, 0.2) is 0 Å². The highest BCUT2D eigenvalue weighted by atomic mass is 35.5. The van der Waals surface area contributed by atoms with Crippen LogP contribution in [0.1, 0.15) is 16.3 Å². The smallest absolute Gasteiger partial charge is 0.134 e. The topological polar surface area (TPSA) is 56.9 Å². The first-order valence-corrected chi connectivity index (χ1v) is 6.38. The lowest BCUT2D eigenvalue weighted by Crippen LogP contribution is -1.82. The molecule has 0 bridgehead atoms. The second-order valence-corrected chi connectivity index (χ2v) is 4.94. The van der Waals surface area contributed by atoms with Crippen LogP contribution in [0.4, 0.5) is 0 Å². The second kappa shape index (κ2) is 5.21. The number of thiazole rings is 1. The fraction of sp³-hybridized carbons (Fsp3) is 0.0769. The highest BCUT2D eigenvalue weighted by Gasteiger charge is 2.06. The van der Waals surface area contributed by atoms with Crippen molar-refractivity contribution in [3.63, 3.8) is 0 Å². The standard InChI is InChI=1S/C13H9ClN2OS/c1-8-7-18-13(16-8)10(6-15)4-9-2-3-12(17)11(14)5-9/h2-5,7,17H,1H3. The molecule has 0 radical (unpaired) electrons. The largest absolute Gasteiger partial charge is 0.506 e. The van der Waals surface area contributed by atoms with Crippen LogP contribution in [0.2, 0.25) is 5.02 Å². The Labute approximate surface area is 114 Å². The van der Waals surface area contributed by atoms with Crippen LogP contribution in [-0.2, 0) is 0 Å². The lowest BCUT2D eigenvalue weighted by atomic mass is 10.1. The monoisotopic (exact) mass is 276 g/mol. The number of nitrogens with zero attached hydrogens (tertiary/aromatic N) is 2. The molecule has 3 nitrogen and oxygen atoms in total. The number of rotatable bonds is 2. The molecule has 0 amide bonds. The summed E-state index contributed by atoms with van der Waals surface area (Å²) in [6.07, 6.45) is 1.70. The molecule has 0 saturated carbocycles. The van der Waals surface area contributed by atoms with Gasteiger partial charge in [0.1, 0.15) is 16.8 Å². The molecule has 18 heavy (non-hydrogen) atoms. The molecule has 5 heteroatoms. The van der Waals surface area contributed by atoms with Gasteiger partial charge in [0, 0.05) is 11.1 Å². The average molecular weight is 277 g/mol. The van der Waals surface area contributed by atoms with Crippen LogP contribution in [0, 0.1) is 18.3 Å². The zero-order valence-corrected chi connectivity index (χ0v) is 11.1. The van der Waals surface area contributed by atoms with E-state index in [-0.39, 0.29) is 10.8 Å². The minimum absolute atomic E-state index is 0.0254. The first kappa shape index (κ1) is 12.6. The van der Waals surface area contributed by atoms with Crippen LogP contribution < -0.4 is 0 Å². The summed E-state index contributed by atoms with van der Waals surface area (Å²) in [6, 6.07) is 6.91. The maximum absolute atomic E-state index is 9.33. The molecule has 0 aliphatic carbocycles. The lowest BCUT2D eigenvalue weighted by Gasteiger charge is -1.99. The van der Waals surface area contributed by atoms with E-state index >= 15 is 0 Å². The van der Waals surface area contributed by atoms with Crippen molar-refractivity contribution < 1.29 is 5.11 Å². The van der Waals surface area contributed by atoms with Crippen molar-refractivity contribution >= 4 is 34.6 Å². The van der Waals surface area contributed by atoms with Gasteiger partial charge in [-0.2, -0.15) is 5.26 Å². The Morgan fingerprint density at radius 2 is 2.33 bits per heavy atom. The molecule has 1 aromatic carbocycles. The Bertz CT molecular complexity index is 655. The third-order valence-corrected chi connectivity index (χ3v) is 3.55. The average Bonchev–Trinajstić information content (AvgIpc) is 2.77. The van der Waals surface area contributed by atoms with Gasteiger partial charge in [0.25, 0.3) is 0 Å². The summed E-state index contributed by atoms with van der Waals surface area (Å²) in [5, 5.41) is 21.3. The summed E-state index contributed by atoms with van der Waals surface area (Å²) in [7, 11) is 0. The Kier molecular flexibility index (Phi) is 3.66. The van der Waals surface area contributed by atoms with Crippen molar-refractivity contribution in [2.24, 2.45) is 0 Å². The molecule has 0 saturated heterocycles. The van der Waals surface area contributed by atoms with Gasteiger partial charge < -0.3 is 5.11 Å². The summed E-state index contributed by atoms with van der Waals surface area (Å²) < 4.78 is 0. The Morgan fingerprint density at radius 3 is 2.89 bits per heavy atom. The molecule has 1 aromatic heterocycles. The molecule has 0 aliphatic heterocycles. The van der Waals surface area contributed by atoms with Gasteiger partial charge in [0.2, 0.25) is 0 Å². The highest BCUT2D eigenvalue weighted by molar-refractivity contribution is 7.11. The Hall–Kier alpha value is -1.83. The van der Waals surface area contributed by atoms with E-state index in [0.717, 1.165) is 11.3 Å². The van der Waals surface area contributed by atoms with E-state index in [1.54, 1.807) is 18.2 Å². The van der Waals surface area contributed by atoms with Gasteiger partial charge in [-0.1, -0.05) is 17.7 Å². The fourth-order valence-corrected chi connectivity index (χ4v) is 2.35. The molecule has 0 aliphatic rings. The minimum Gasteiger partial charge on any atom is -0.506 e. The molecule has 2 rings (SSSR count). The molecule has 0 unspecified atom stereocenters. The minimum atomic E-state index is 0.0254. The number of aromatic hydroxyl groups is 1. The van der Waals surface area contributed by atoms with E-state index in [9.17, 15) is 5.11 Å². The van der Waals surface area contributed by atoms with Crippen molar-refractivity contribution in [2.45, 2.75) is 6.92 Å². The maximum Gasteiger partial charge on any atom is 0.134 e. The number of hydrogen-bond acceptors (Lipinski definition) is 4. The fourth-order valence-electron chi connectivity index (χ4n) is 1.40. The SMILES string of the molecule is Cc1csc(C(C#N)=Cc2ccc(O)c(Cl)c2)n1. The van der Waals surface area contributed by atoms with Crippen LogP contribution in [0.3, 0.4) is 0 Å². The first-order valence-electron chi connectivity index (χ1n) is 5.13. The van der Waals surface area contributed by atoms with Crippen molar-refractivity contribution in [1.29, 1.82) is 5.26 Å². The van der Waals surface area contributed by atoms with Crippen LogP contribution in [0.5, 0.6) is 5.75 Å². The van der Waals surface area contributed by atoms with Crippen molar-refractivity contribution in [1.82, 2.24) is 4.98 Å². The number of halogens is 1. The summed E-state index contributed by atoms with van der Waals surface area (Å²) in [5.41, 5.74) is 2.12. The third kappa shape index (κ3) is 2.70. The zero-order chi connectivity index (χ0) is 13.1. The van der Waals surface area contributed by atoms with E-state index in [0.29, 0.717) is 10.6 Å². The van der Waals surface area contributed by atoms with Gasteiger partial charge in [-0.05, 0) is 30.7 Å². The number of phenolic OH excluding ortho intramolecular Hbond substituents is 1. The lowest BCUT2D eigenvalue weighted by molar-refractivity contribution is 0.475. The highest BCUT2D eigenvalue weighted by Crippen LogP contribution is 2.27. The number of phenols is 1. The molecule has 0 fully saturated rings. The van der Waals surface area contributed by atoms with E-state index in [4.69, 9.17) is 16.9 Å². The first-order chi connectivity index (χ1) is 8.60. The van der Waals surface area contributed by atoms with Crippen molar-refractivity contribution in [3.05, 3.63) is 44.9 Å². The van der Waals surface area contributed by atoms with E-state index < -0.39 is 0 Å². The molecule has 90 valence electrons. The molecular weight excluding hydrogens is 268 g/mol. The molecule has 1 N–H and O–H groups in total. The van der Waals surface area contributed by atoms with Gasteiger partial charge in [-0.3, -0.25) is 0 Å². The number of aromatic nitrogens is 1. The van der Waals surface area contributed by atoms with Gasteiger partial charge in [0.05, 0.1) is 10.6 Å². The van der Waals surface area contributed by atoms with Crippen LogP contribution in [0.25, 0.3) is 11.6 Å². The summed E-state index contributed by atoms with van der Waals surface area (Å²) in [5.74, 6) is 0.0254. The number of hydrogen-bond donors (Lipinski definition) is 1. The second-order valence-electron chi connectivity index (χ2n) is 3.67. The third-order valence-electron chi connectivity index (χ3n) is 2.25. The summed E-state index contributed by atoms with van der Waals surface area (Å²) in [6.45, 7) is 1.88. The number of nitriles is 1. The normalized spacial score (nSPS) is 11.3.